The number of hydrogen-bond acceptors (Lipinski definition) is 1. The molecule has 12 N–H and O–H groups in total. The summed E-state index contributed by atoms with van der Waals surface area (Å²) in [6.07, 6.45) is 0. The summed E-state index contributed by atoms with van der Waals surface area (Å²) in [5.74, 6) is -0.507. The Morgan fingerprint density at radius 1 is 0.923 bits per heavy atom. The molecule has 88 valence electrons. The van der Waals surface area contributed by atoms with E-state index in [0.717, 1.165) is 0 Å². The monoisotopic (exact) mass is 242 g/mol. The van der Waals surface area contributed by atoms with E-state index in [1.807, 2.05) is 0 Å². The van der Waals surface area contributed by atoms with Gasteiger partial charge in [0, 0.05) is 4.79 Å². The van der Waals surface area contributed by atoms with E-state index in [4.69, 9.17) is 5.11 Å². The molecule has 0 rings (SSSR count). The minimum atomic E-state index is -0.507. The molecule has 0 aromatic rings. The van der Waals surface area contributed by atoms with Gasteiger partial charge < -0.3 is 35.9 Å². The van der Waals surface area contributed by atoms with Crippen molar-refractivity contribution in [3.63, 3.8) is 0 Å². The zero-order valence-electron chi connectivity index (χ0n) is 8.13. The Labute approximate surface area is 90.2 Å². The molecule has 0 aromatic carbocycles. The Morgan fingerprint density at radius 2 is 1.00 bits per heavy atom. The molecule has 0 bridgehead atoms. The number of carbonyl (C=O) groups is 1. The molecule has 0 aliphatic rings. The van der Waals surface area contributed by atoms with Crippen LogP contribution >= 0.6 is 0 Å². The van der Waals surface area contributed by atoms with Gasteiger partial charge in [-0.3, -0.25) is 0 Å². The first-order valence-corrected chi connectivity index (χ1v) is 2.20. The molecule has 0 aliphatic heterocycles. The van der Waals surface area contributed by atoms with Crippen molar-refractivity contribution in [3.05, 3.63) is 30.8 Å². The van der Waals surface area contributed by atoms with Crippen LogP contribution in [0.3, 0.4) is 0 Å². The predicted octanol–water partition coefficient (Wildman–Crippen LogP) is 3.87. The molecule has 7 nitrogen and oxygen atoms in total. The first-order chi connectivity index (χ1) is 2.94. The summed E-state index contributed by atoms with van der Waals surface area (Å²) in [5, 5.41) is 6.59. The molecule has 13 heavy (non-hydrogen) atoms. The first-order valence-electron chi connectivity index (χ1n) is 2.20. The molecule has 0 amide bonds. The van der Waals surface area contributed by atoms with Crippen molar-refractivity contribution in [3.8, 4) is 0 Å². The molecule has 0 radical (unpaired) electrons. The zero-order chi connectivity index (χ0) is 6.08. The average Bonchev–Trinajstić information content (AvgIpc) is 1.31. The largest absolute Gasteiger partial charge is 3.00 e. The van der Waals surface area contributed by atoms with Gasteiger partial charge in [0.25, 0.3) is 0 Å². The van der Waals surface area contributed by atoms with Gasteiger partial charge >= 0.3 is 22.7 Å². The number of hydrogen-bond donors (Lipinski definition) is 0. The third-order valence-electron chi connectivity index (χ3n) is 0.681. The van der Waals surface area contributed by atoms with E-state index in [1.54, 1.807) is 20.8 Å². The van der Waals surface area contributed by atoms with Gasteiger partial charge in [-0.05, 0) is 20.8 Å². The van der Waals surface area contributed by atoms with Gasteiger partial charge in [-0.1, -0.05) is 0 Å². The summed E-state index contributed by atoms with van der Waals surface area (Å²) in [6, 6.07) is 0. The molecule has 0 aromatic heterocycles. The van der Waals surface area contributed by atoms with Crippen LogP contribution in [0.4, 0.5) is 0 Å². The van der Waals surface area contributed by atoms with E-state index >= 15 is 0 Å². The summed E-state index contributed by atoms with van der Waals surface area (Å²) in [4.78, 5) is 10.1. The Bertz CT molecular complexity index is 95.4. The third-order valence-corrected chi connectivity index (χ3v) is 0.681. The van der Waals surface area contributed by atoms with E-state index in [1.165, 1.54) is 0 Å². The first kappa shape index (κ1) is 53.1. The van der Waals surface area contributed by atoms with Gasteiger partial charge in [0.2, 0.25) is 0 Å². The molecule has 0 saturated heterocycles. The SMILES string of the molecule is CC(C)(C)C(=O)[OH2+].[Co+3].[NH2-].[NH2-].[NH2-].[NH2-].[NH2-]. The maximum atomic E-state index is 10.1. The Balaban J connectivity index is -0.0000000120. The topological polar surface area (TPSA) is 207 Å². The number of carbonyl (C=O) groups excluding carboxylic acids is 1. The van der Waals surface area contributed by atoms with E-state index in [9.17, 15) is 4.79 Å². The fraction of sp³-hybridized carbons (Fsp3) is 0.800. The smallest absolute Gasteiger partial charge is 0.693 e. The molecule has 0 aliphatic carbocycles. The second-order valence-electron chi connectivity index (χ2n) is 2.58. The maximum Gasteiger partial charge on any atom is 3.00 e. The zero-order valence-corrected chi connectivity index (χ0v) is 9.17. The van der Waals surface area contributed by atoms with Crippen LogP contribution in [0.1, 0.15) is 20.8 Å². The van der Waals surface area contributed by atoms with Crippen molar-refractivity contribution in [1.82, 2.24) is 0 Å². The van der Waals surface area contributed by atoms with E-state index in [-0.39, 0.29) is 47.5 Å². The van der Waals surface area contributed by atoms with E-state index in [0.29, 0.717) is 0 Å². The second-order valence-corrected chi connectivity index (χ2v) is 2.58. The van der Waals surface area contributed by atoms with Crippen LogP contribution in [0.5, 0.6) is 0 Å². The summed E-state index contributed by atoms with van der Waals surface area (Å²) in [7, 11) is 0. The standard InChI is InChI=1S/C5H10O2.Co.5H2N/c1-5(2,3)4(6)7;;;;;;/h1-3H3,(H,6,7);;5*1H2/q;+3;5*-1/p+1. The minimum Gasteiger partial charge on any atom is -0.693 e. The van der Waals surface area contributed by atoms with Gasteiger partial charge in [0.1, 0.15) is 5.41 Å². The van der Waals surface area contributed by atoms with Crippen molar-refractivity contribution in [2.75, 3.05) is 0 Å². The van der Waals surface area contributed by atoms with Crippen LogP contribution in [0.2, 0.25) is 0 Å². The van der Waals surface area contributed by atoms with Crippen LogP contribution in [0, 0.1) is 5.41 Å². The predicted molar refractivity (Wildman–Crippen MR) is 54.5 cm³/mol. The van der Waals surface area contributed by atoms with Gasteiger partial charge in [-0.25, -0.2) is 0 Å². The third kappa shape index (κ3) is 33.7. The fourth-order valence-electron chi connectivity index (χ4n) is 0. The molecule has 0 atom stereocenters. The molecular weight excluding hydrogens is 221 g/mol. The van der Waals surface area contributed by atoms with Crippen LogP contribution in [0.15, 0.2) is 0 Å². The molecule has 0 spiro atoms. The number of rotatable bonds is 0. The van der Waals surface area contributed by atoms with Crippen LogP contribution in [-0.2, 0) is 21.6 Å². The maximum absolute atomic E-state index is 10.1. The second kappa shape index (κ2) is 17.8. The van der Waals surface area contributed by atoms with Crippen molar-refractivity contribution in [1.29, 1.82) is 0 Å². The average molecular weight is 242 g/mol. The van der Waals surface area contributed by atoms with Gasteiger partial charge in [0.15, 0.2) is 0 Å². The van der Waals surface area contributed by atoms with Gasteiger partial charge in [-0.15, -0.1) is 0 Å². The normalized spacial score (nSPS) is 6.08. The van der Waals surface area contributed by atoms with Crippen LogP contribution in [-0.4, -0.2) is 11.1 Å². The summed E-state index contributed by atoms with van der Waals surface area (Å²) in [5.41, 5.74) is -0.472. The fourth-order valence-corrected chi connectivity index (χ4v) is 0. The van der Waals surface area contributed by atoms with E-state index < -0.39 is 11.4 Å². The summed E-state index contributed by atoms with van der Waals surface area (Å²) < 4.78 is 0. The molecule has 0 unspecified atom stereocenters. The van der Waals surface area contributed by atoms with Crippen LogP contribution < -0.4 is 0 Å². The Hall–Kier alpha value is -0.224. The van der Waals surface area contributed by atoms with Crippen molar-refractivity contribution in [2.24, 2.45) is 5.41 Å². The van der Waals surface area contributed by atoms with Crippen molar-refractivity contribution < 1.29 is 26.7 Å². The quantitative estimate of drug-likeness (QED) is 0.568. The minimum absolute atomic E-state index is 0. The Morgan fingerprint density at radius 3 is 1.00 bits per heavy atom. The van der Waals surface area contributed by atoms with Crippen LogP contribution in [0.25, 0.3) is 30.8 Å². The molecule has 0 saturated carbocycles. The van der Waals surface area contributed by atoms with Gasteiger partial charge in [-0.2, -0.15) is 0 Å². The molecule has 0 fully saturated rings. The van der Waals surface area contributed by atoms with E-state index in [2.05, 4.69) is 0 Å². The molecule has 8 heteroatoms. The van der Waals surface area contributed by atoms with Gasteiger partial charge in [0.05, 0.1) is 0 Å². The Kier molecular flexibility index (Phi) is 72.5. The summed E-state index contributed by atoms with van der Waals surface area (Å²) in [6.45, 7) is 5.17. The molecular formula is C5H21CoN5O2-. The summed E-state index contributed by atoms with van der Waals surface area (Å²) >= 11 is 0. The van der Waals surface area contributed by atoms with Crippen molar-refractivity contribution in [2.45, 2.75) is 20.8 Å². The molecule has 0 heterocycles. The number of nitrogens with two attached hydrogens (primary N) is 5. The van der Waals surface area contributed by atoms with Crippen molar-refractivity contribution >= 4 is 5.97 Å².